The van der Waals surface area contributed by atoms with Crippen molar-refractivity contribution in [2.24, 2.45) is 0 Å². The maximum Gasteiger partial charge on any atom is 0.250 e. The number of anilines is 1. The molecule has 0 spiro atoms. The fourth-order valence-corrected chi connectivity index (χ4v) is 2.25. The van der Waals surface area contributed by atoms with Crippen molar-refractivity contribution >= 4 is 17.8 Å². The van der Waals surface area contributed by atoms with Gasteiger partial charge in [0.1, 0.15) is 0 Å². The van der Waals surface area contributed by atoms with Gasteiger partial charge in [-0.1, -0.05) is 38.1 Å². The second kappa shape index (κ2) is 11.4. The van der Waals surface area contributed by atoms with Crippen molar-refractivity contribution in [3.05, 3.63) is 59.9 Å². The zero-order chi connectivity index (χ0) is 17.8. The number of aliphatic hydroxyl groups excluding tert-OH is 2. The molecular formula is C20H29N2O2+. The molecule has 2 rings (SSSR count). The monoisotopic (exact) mass is 329 g/mol. The summed E-state index contributed by atoms with van der Waals surface area (Å²) in [7, 11) is 0. The van der Waals surface area contributed by atoms with Crippen molar-refractivity contribution in [3.63, 3.8) is 0 Å². The highest BCUT2D eigenvalue weighted by atomic mass is 16.3. The summed E-state index contributed by atoms with van der Waals surface area (Å²) in [6.07, 6.45) is 7.79. The maximum atomic E-state index is 9.06. The third-order valence-electron chi connectivity index (χ3n) is 3.56. The van der Waals surface area contributed by atoms with Crippen LogP contribution in [0.4, 0.5) is 5.69 Å². The molecule has 0 amide bonds. The van der Waals surface area contributed by atoms with Gasteiger partial charge in [-0.05, 0) is 30.2 Å². The van der Waals surface area contributed by atoms with E-state index in [0.29, 0.717) is 6.54 Å². The van der Waals surface area contributed by atoms with Gasteiger partial charge in [-0.2, -0.15) is 4.57 Å². The van der Waals surface area contributed by atoms with Crippen LogP contribution in [-0.2, 0) is 6.73 Å². The van der Waals surface area contributed by atoms with Crippen LogP contribution in [0.3, 0.4) is 0 Å². The van der Waals surface area contributed by atoms with Gasteiger partial charge in [-0.25, -0.2) is 0 Å². The highest BCUT2D eigenvalue weighted by molar-refractivity contribution is 5.70. The van der Waals surface area contributed by atoms with E-state index in [0.717, 1.165) is 23.4 Å². The van der Waals surface area contributed by atoms with E-state index in [1.165, 1.54) is 0 Å². The molecule has 2 aromatic rings. The predicted octanol–water partition coefficient (Wildman–Crippen LogP) is 2.94. The molecule has 1 aromatic carbocycles. The van der Waals surface area contributed by atoms with Gasteiger partial charge < -0.3 is 15.1 Å². The second-order valence-corrected chi connectivity index (χ2v) is 5.02. The van der Waals surface area contributed by atoms with Crippen LogP contribution in [-0.4, -0.2) is 29.9 Å². The normalized spacial score (nSPS) is 10.4. The Kier molecular flexibility index (Phi) is 9.42. The van der Waals surface area contributed by atoms with E-state index in [1.54, 1.807) is 4.57 Å². The molecule has 0 aliphatic heterocycles. The second-order valence-electron chi connectivity index (χ2n) is 5.02. The number of hydrogen-bond acceptors (Lipinski definition) is 3. The summed E-state index contributed by atoms with van der Waals surface area (Å²) in [5, 5.41) is 18.1. The van der Waals surface area contributed by atoms with Crippen LogP contribution in [0, 0.1) is 0 Å². The van der Waals surface area contributed by atoms with Crippen LogP contribution in [0.2, 0.25) is 0 Å². The Morgan fingerprint density at radius 2 is 1.46 bits per heavy atom. The molecule has 1 aromatic heterocycles. The Morgan fingerprint density at radius 1 is 0.917 bits per heavy atom. The van der Waals surface area contributed by atoms with E-state index in [2.05, 4.69) is 42.2 Å². The summed E-state index contributed by atoms with van der Waals surface area (Å²) < 4.78 is 1.70. The average molecular weight is 329 g/mol. The smallest absolute Gasteiger partial charge is 0.250 e. The third-order valence-corrected chi connectivity index (χ3v) is 3.56. The molecule has 0 bridgehead atoms. The summed E-state index contributed by atoms with van der Waals surface area (Å²) in [6, 6.07) is 12.2. The van der Waals surface area contributed by atoms with Crippen LogP contribution in [0.15, 0.2) is 48.8 Å². The molecule has 4 heteroatoms. The molecule has 2 N–H and O–H groups in total. The zero-order valence-corrected chi connectivity index (χ0v) is 14.9. The molecule has 0 saturated heterocycles. The molecule has 0 radical (unpaired) electrons. The van der Waals surface area contributed by atoms with Crippen molar-refractivity contribution in [3.8, 4) is 0 Å². The van der Waals surface area contributed by atoms with E-state index in [4.69, 9.17) is 10.2 Å². The summed E-state index contributed by atoms with van der Waals surface area (Å²) in [6.45, 7) is 7.77. The van der Waals surface area contributed by atoms with Crippen molar-refractivity contribution < 1.29 is 14.8 Å². The van der Waals surface area contributed by atoms with Gasteiger partial charge in [-0.15, -0.1) is 0 Å². The number of nitrogens with zero attached hydrogens (tertiary/aromatic N) is 2. The fraction of sp³-hybridized carbons (Fsp3) is 0.350. The standard InChI is InChI=1S/C18H23N2O2.C2H6/c1-2-20(13-14-21)18-7-5-16(6-8-18)3-4-17-9-11-19(15-22)12-10-17;1-2/h3-12,21-22H,2,13-15H2,1H3;1-2H3/q+1;. The first-order valence-corrected chi connectivity index (χ1v) is 8.50. The van der Waals surface area contributed by atoms with E-state index in [9.17, 15) is 0 Å². The molecule has 0 saturated carbocycles. The Balaban J connectivity index is 0.00000139. The molecule has 0 aliphatic carbocycles. The molecule has 0 aliphatic rings. The van der Waals surface area contributed by atoms with E-state index < -0.39 is 0 Å². The zero-order valence-electron chi connectivity index (χ0n) is 14.9. The maximum absolute atomic E-state index is 9.06. The highest BCUT2D eigenvalue weighted by Gasteiger charge is 2.02. The molecule has 0 unspecified atom stereocenters. The summed E-state index contributed by atoms with van der Waals surface area (Å²) in [5.41, 5.74) is 3.34. The van der Waals surface area contributed by atoms with Crippen LogP contribution in [0.5, 0.6) is 0 Å². The number of hydrogen-bond donors (Lipinski definition) is 2. The molecule has 1 heterocycles. The minimum atomic E-state index is -0.00672. The number of benzene rings is 1. The van der Waals surface area contributed by atoms with Gasteiger partial charge in [0.05, 0.1) is 6.61 Å². The van der Waals surface area contributed by atoms with Crippen molar-refractivity contribution in [2.75, 3.05) is 24.6 Å². The van der Waals surface area contributed by atoms with Crippen LogP contribution in [0.25, 0.3) is 12.2 Å². The average Bonchev–Trinajstić information content (AvgIpc) is 2.67. The lowest BCUT2D eigenvalue weighted by molar-refractivity contribution is -0.729. The van der Waals surface area contributed by atoms with Crippen molar-refractivity contribution in [1.29, 1.82) is 0 Å². The van der Waals surface area contributed by atoms with Crippen LogP contribution >= 0.6 is 0 Å². The molecule has 4 nitrogen and oxygen atoms in total. The first-order valence-electron chi connectivity index (χ1n) is 8.50. The summed E-state index contributed by atoms with van der Waals surface area (Å²) in [5.74, 6) is 0. The molecular weight excluding hydrogens is 300 g/mol. The number of likely N-dealkylation sites (N-methyl/N-ethyl adjacent to an activating group) is 1. The van der Waals surface area contributed by atoms with Crippen LogP contribution < -0.4 is 9.47 Å². The first-order chi connectivity index (χ1) is 11.8. The third kappa shape index (κ3) is 6.14. The minimum Gasteiger partial charge on any atom is -0.395 e. The van der Waals surface area contributed by atoms with E-state index in [1.807, 2.05) is 44.4 Å². The highest BCUT2D eigenvalue weighted by Crippen LogP contribution is 2.16. The van der Waals surface area contributed by atoms with Gasteiger partial charge in [-0.3, -0.25) is 0 Å². The largest absolute Gasteiger partial charge is 0.395 e. The van der Waals surface area contributed by atoms with Gasteiger partial charge in [0.2, 0.25) is 6.73 Å². The number of pyridine rings is 1. The first kappa shape index (κ1) is 19.9. The molecule has 24 heavy (non-hydrogen) atoms. The Hall–Kier alpha value is -2.17. The van der Waals surface area contributed by atoms with E-state index in [-0.39, 0.29) is 13.3 Å². The minimum absolute atomic E-state index is 0.00672. The quantitative estimate of drug-likeness (QED) is 0.768. The van der Waals surface area contributed by atoms with Crippen LogP contribution in [0.1, 0.15) is 31.9 Å². The lowest BCUT2D eigenvalue weighted by Gasteiger charge is -2.21. The fourth-order valence-electron chi connectivity index (χ4n) is 2.25. The summed E-state index contributed by atoms with van der Waals surface area (Å²) >= 11 is 0. The van der Waals surface area contributed by atoms with Crippen molar-refractivity contribution in [2.45, 2.75) is 27.5 Å². The Bertz CT molecular complexity index is 592. The number of aromatic nitrogens is 1. The lowest BCUT2D eigenvalue weighted by atomic mass is 10.1. The predicted molar refractivity (Wildman–Crippen MR) is 101 cm³/mol. The number of aliphatic hydroxyl groups is 2. The van der Waals surface area contributed by atoms with E-state index >= 15 is 0 Å². The van der Waals surface area contributed by atoms with Gasteiger partial charge >= 0.3 is 0 Å². The Labute approximate surface area is 145 Å². The summed E-state index contributed by atoms with van der Waals surface area (Å²) in [4.78, 5) is 2.14. The number of rotatable bonds is 7. The van der Waals surface area contributed by atoms with Crippen molar-refractivity contribution in [1.82, 2.24) is 0 Å². The molecule has 0 fully saturated rings. The van der Waals surface area contributed by atoms with Gasteiger partial charge in [0.15, 0.2) is 12.4 Å². The molecule has 0 atom stereocenters. The lowest BCUT2D eigenvalue weighted by Crippen LogP contribution is -2.32. The Morgan fingerprint density at radius 3 is 1.92 bits per heavy atom. The van der Waals surface area contributed by atoms with Gasteiger partial charge in [0, 0.05) is 30.9 Å². The molecule has 130 valence electrons. The topological polar surface area (TPSA) is 47.6 Å². The SMILES string of the molecule is CC.CCN(CCO)c1ccc(/C=C/c2cc[n+](CO)cc2)cc1. The van der Waals surface area contributed by atoms with Gasteiger partial charge in [0.25, 0.3) is 0 Å².